The van der Waals surface area contributed by atoms with Crippen LogP contribution in [0.15, 0.2) is 0 Å². The van der Waals surface area contributed by atoms with E-state index in [1.54, 1.807) is 27.7 Å². The Morgan fingerprint density at radius 1 is 1.33 bits per heavy atom. The minimum atomic E-state index is -3.01. The SMILES string of the molecule is CC(C)(N)C(C)(C)C(=O)NCC1CCCS1(=O)=O. The van der Waals surface area contributed by atoms with Crippen molar-refractivity contribution in [1.29, 1.82) is 0 Å². The highest BCUT2D eigenvalue weighted by Crippen LogP contribution is 2.28. The smallest absolute Gasteiger partial charge is 0.227 e. The predicted octanol–water partition coefficient (Wildman–Crippen LogP) is 0.443. The molecule has 1 saturated heterocycles. The summed E-state index contributed by atoms with van der Waals surface area (Å²) in [4.78, 5) is 12.1. The third kappa shape index (κ3) is 3.03. The zero-order chi connectivity index (χ0) is 14.2. The molecule has 1 rings (SSSR count). The number of hydrogen-bond acceptors (Lipinski definition) is 4. The van der Waals surface area contributed by atoms with Crippen LogP contribution in [0.5, 0.6) is 0 Å². The van der Waals surface area contributed by atoms with Gasteiger partial charge in [-0.2, -0.15) is 0 Å². The second-order valence-electron chi connectivity index (χ2n) is 6.19. The van der Waals surface area contributed by atoms with Gasteiger partial charge in [-0.25, -0.2) is 8.42 Å². The van der Waals surface area contributed by atoms with E-state index in [0.29, 0.717) is 12.8 Å². The zero-order valence-corrected chi connectivity index (χ0v) is 12.4. The van der Waals surface area contributed by atoms with Crippen LogP contribution in [0, 0.1) is 5.41 Å². The fourth-order valence-electron chi connectivity index (χ4n) is 1.81. The standard InChI is InChI=1S/C12H24N2O3S/c1-11(2,12(3,4)13)10(15)14-8-9-6-5-7-18(9,16)17/h9H,5-8,13H2,1-4H3,(H,14,15). The van der Waals surface area contributed by atoms with Crippen LogP contribution in [0.2, 0.25) is 0 Å². The highest BCUT2D eigenvalue weighted by Gasteiger charge is 2.41. The van der Waals surface area contributed by atoms with Gasteiger partial charge in [-0.15, -0.1) is 0 Å². The van der Waals surface area contributed by atoms with E-state index >= 15 is 0 Å². The van der Waals surface area contributed by atoms with E-state index < -0.39 is 26.0 Å². The first kappa shape index (κ1) is 15.4. The van der Waals surface area contributed by atoms with Crippen LogP contribution in [0.1, 0.15) is 40.5 Å². The molecule has 3 N–H and O–H groups in total. The Morgan fingerprint density at radius 3 is 2.28 bits per heavy atom. The number of amides is 1. The van der Waals surface area contributed by atoms with E-state index in [-0.39, 0.29) is 18.2 Å². The maximum Gasteiger partial charge on any atom is 0.227 e. The molecule has 0 radical (unpaired) electrons. The predicted molar refractivity (Wildman–Crippen MR) is 71.9 cm³/mol. The van der Waals surface area contributed by atoms with Gasteiger partial charge in [0.2, 0.25) is 5.91 Å². The molecule has 1 aliphatic rings. The summed E-state index contributed by atoms with van der Waals surface area (Å²) in [5.74, 6) is 0.0383. The Kier molecular flexibility index (Phi) is 4.13. The van der Waals surface area contributed by atoms with E-state index in [1.165, 1.54) is 0 Å². The van der Waals surface area contributed by atoms with Crippen LogP contribution >= 0.6 is 0 Å². The molecular formula is C12H24N2O3S. The summed E-state index contributed by atoms with van der Waals surface area (Å²) < 4.78 is 23.3. The maximum absolute atomic E-state index is 12.1. The number of hydrogen-bond donors (Lipinski definition) is 2. The van der Waals surface area contributed by atoms with Crippen molar-refractivity contribution in [1.82, 2.24) is 5.32 Å². The average Bonchev–Trinajstić information content (AvgIpc) is 2.52. The first-order chi connectivity index (χ1) is 7.98. The Morgan fingerprint density at radius 2 is 1.89 bits per heavy atom. The Labute approximate surface area is 109 Å². The van der Waals surface area contributed by atoms with Gasteiger partial charge in [0, 0.05) is 12.1 Å². The summed E-state index contributed by atoms with van der Waals surface area (Å²) in [6, 6.07) is 0. The van der Waals surface area contributed by atoms with E-state index in [1.807, 2.05) is 0 Å². The largest absolute Gasteiger partial charge is 0.354 e. The summed E-state index contributed by atoms with van der Waals surface area (Å²) in [5.41, 5.74) is 4.57. The Balaban J connectivity index is 2.63. The summed E-state index contributed by atoms with van der Waals surface area (Å²) in [7, 11) is -3.01. The lowest BCUT2D eigenvalue weighted by Crippen LogP contribution is -2.56. The normalized spacial score (nSPS) is 23.9. The fourth-order valence-corrected chi connectivity index (χ4v) is 3.57. The van der Waals surface area contributed by atoms with Gasteiger partial charge in [0.15, 0.2) is 9.84 Å². The third-order valence-electron chi connectivity index (χ3n) is 4.13. The summed E-state index contributed by atoms with van der Waals surface area (Å²) >= 11 is 0. The summed E-state index contributed by atoms with van der Waals surface area (Å²) in [6.45, 7) is 7.31. The number of nitrogens with two attached hydrogens (primary N) is 1. The van der Waals surface area contributed by atoms with E-state index in [2.05, 4.69) is 5.32 Å². The fraction of sp³-hybridized carbons (Fsp3) is 0.917. The number of nitrogens with one attached hydrogen (secondary N) is 1. The number of sulfone groups is 1. The first-order valence-electron chi connectivity index (χ1n) is 6.27. The van der Waals surface area contributed by atoms with Gasteiger partial charge in [0.05, 0.1) is 16.4 Å². The van der Waals surface area contributed by atoms with Crippen LogP contribution in [-0.2, 0) is 14.6 Å². The number of rotatable bonds is 4. The van der Waals surface area contributed by atoms with Gasteiger partial charge >= 0.3 is 0 Å². The molecule has 1 amide bonds. The lowest BCUT2D eigenvalue weighted by atomic mass is 9.74. The van der Waals surface area contributed by atoms with Crippen LogP contribution in [-0.4, -0.2) is 37.4 Å². The average molecular weight is 276 g/mol. The molecule has 0 spiro atoms. The molecular weight excluding hydrogens is 252 g/mol. The van der Waals surface area contributed by atoms with Crippen molar-refractivity contribution in [3.05, 3.63) is 0 Å². The van der Waals surface area contributed by atoms with Gasteiger partial charge in [0.25, 0.3) is 0 Å². The summed E-state index contributed by atoms with van der Waals surface area (Å²) in [6.07, 6.45) is 1.32. The molecule has 1 fully saturated rings. The molecule has 1 unspecified atom stereocenters. The minimum Gasteiger partial charge on any atom is -0.354 e. The lowest BCUT2D eigenvalue weighted by Gasteiger charge is -2.37. The van der Waals surface area contributed by atoms with Gasteiger partial charge in [0.1, 0.15) is 0 Å². The van der Waals surface area contributed by atoms with Crippen LogP contribution < -0.4 is 11.1 Å². The molecule has 18 heavy (non-hydrogen) atoms. The molecule has 106 valence electrons. The van der Waals surface area contributed by atoms with Crippen molar-refractivity contribution in [3.63, 3.8) is 0 Å². The lowest BCUT2D eigenvalue weighted by molar-refractivity contribution is -0.132. The highest BCUT2D eigenvalue weighted by atomic mass is 32.2. The Hall–Kier alpha value is -0.620. The van der Waals surface area contributed by atoms with Crippen LogP contribution in [0.3, 0.4) is 0 Å². The molecule has 1 heterocycles. The maximum atomic E-state index is 12.1. The van der Waals surface area contributed by atoms with E-state index in [0.717, 1.165) is 0 Å². The molecule has 0 aromatic rings. The minimum absolute atomic E-state index is 0.195. The molecule has 0 aromatic heterocycles. The van der Waals surface area contributed by atoms with Gasteiger partial charge in [-0.3, -0.25) is 4.79 Å². The molecule has 6 heteroatoms. The van der Waals surface area contributed by atoms with Crippen molar-refractivity contribution < 1.29 is 13.2 Å². The molecule has 1 atom stereocenters. The van der Waals surface area contributed by atoms with Crippen molar-refractivity contribution in [3.8, 4) is 0 Å². The molecule has 0 aliphatic carbocycles. The number of carbonyl (C=O) groups is 1. The zero-order valence-electron chi connectivity index (χ0n) is 11.6. The topological polar surface area (TPSA) is 89.3 Å². The van der Waals surface area contributed by atoms with Crippen molar-refractivity contribution in [2.75, 3.05) is 12.3 Å². The third-order valence-corrected chi connectivity index (χ3v) is 6.41. The van der Waals surface area contributed by atoms with Crippen molar-refractivity contribution >= 4 is 15.7 Å². The molecule has 1 aliphatic heterocycles. The van der Waals surface area contributed by atoms with E-state index in [9.17, 15) is 13.2 Å². The van der Waals surface area contributed by atoms with Crippen molar-refractivity contribution in [2.45, 2.75) is 51.3 Å². The first-order valence-corrected chi connectivity index (χ1v) is 7.99. The highest BCUT2D eigenvalue weighted by molar-refractivity contribution is 7.92. The molecule has 0 bridgehead atoms. The van der Waals surface area contributed by atoms with Gasteiger partial charge in [-0.1, -0.05) is 0 Å². The molecule has 0 aromatic carbocycles. The molecule has 0 saturated carbocycles. The second-order valence-corrected chi connectivity index (χ2v) is 8.59. The van der Waals surface area contributed by atoms with Gasteiger partial charge in [-0.05, 0) is 40.5 Å². The van der Waals surface area contributed by atoms with Crippen molar-refractivity contribution in [2.24, 2.45) is 11.1 Å². The Bertz CT molecular complexity index is 421. The molecule has 5 nitrogen and oxygen atoms in total. The second kappa shape index (κ2) is 4.81. The summed E-state index contributed by atoms with van der Waals surface area (Å²) in [5, 5.41) is 2.30. The van der Waals surface area contributed by atoms with Crippen LogP contribution in [0.4, 0.5) is 0 Å². The quantitative estimate of drug-likeness (QED) is 0.780. The van der Waals surface area contributed by atoms with E-state index in [4.69, 9.17) is 5.73 Å². The van der Waals surface area contributed by atoms with Gasteiger partial charge < -0.3 is 11.1 Å². The number of carbonyl (C=O) groups excluding carboxylic acids is 1. The monoisotopic (exact) mass is 276 g/mol. The van der Waals surface area contributed by atoms with Crippen LogP contribution in [0.25, 0.3) is 0 Å².